The first kappa shape index (κ1) is 20.6. The van der Waals surface area contributed by atoms with Crippen LogP contribution in [0.1, 0.15) is 50.0 Å². The number of anilines is 2. The van der Waals surface area contributed by atoms with Crippen molar-refractivity contribution >= 4 is 39.9 Å². The predicted molar refractivity (Wildman–Crippen MR) is 105 cm³/mol. The molecule has 2 aromatic rings. The summed E-state index contributed by atoms with van der Waals surface area (Å²) in [5, 5.41) is 6.05. The molecule has 0 aliphatic carbocycles. The third-order valence-electron chi connectivity index (χ3n) is 3.82. The third-order valence-corrected chi connectivity index (χ3v) is 5.03. The van der Waals surface area contributed by atoms with E-state index in [0.717, 1.165) is 10.4 Å². The first-order chi connectivity index (χ1) is 12.8. The Labute approximate surface area is 162 Å². The van der Waals surface area contributed by atoms with Crippen molar-refractivity contribution < 1.29 is 19.1 Å². The smallest absolute Gasteiger partial charge is 0.303 e. The van der Waals surface area contributed by atoms with E-state index in [9.17, 15) is 14.4 Å². The summed E-state index contributed by atoms with van der Waals surface area (Å²) in [6, 6.07) is 6.94. The maximum atomic E-state index is 12.4. The second-order valence-corrected chi connectivity index (χ2v) is 7.45. The summed E-state index contributed by atoms with van der Waals surface area (Å²) in [6.45, 7) is 6.87. The van der Waals surface area contributed by atoms with Gasteiger partial charge >= 0.3 is 5.97 Å². The standard InChI is InChI=1S/C19H23N3O4S/c1-11(2)16-9-20-19(27-16)22-18(25)12(3)14-5-7-15(8-6-14)21-17(24)10-26-13(4)23/h5-9,11-12H,10H2,1-4H3,(H,21,24)(H,20,22,25). The Kier molecular flexibility index (Phi) is 7.06. The van der Waals surface area contributed by atoms with E-state index in [1.807, 2.05) is 0 Å². The molecule has 0 aliphatic heterocycles. The molecule has 0 spiro atoms. The Bertz CT molecular complexity index is 815. The van der Waals surface area contributed by atoms with Crippen LogP contribution in [-0.2, 0) is 19.1 Å². The highest BCUT2D eigenvalue weighted by atomic mass is 32.1. The number of benzene rings is 1. The Balaban J connectivity index is 1.93. The highest BCUT2D eigenvalue weighted by Gasteiger charge is 2.17. The summed E-state index contributed by atoms with van der Waals surface area (Å²) in [4.78, 5) is 40.1. The zero-order chi connectivity index (χ0) is 20.0. The Hall–Kier alpha value is -2.74. The minimum absolute atomic E-state index is 0.147. The number of carbonyl (C=O) groups is 3. The van der Waals surface area contributed by atoms with Gasteiger partial charge < -0.3 is 15.4 Å². The molecule has 0 bridgehead atoms. The van der Waals surface area contributed by atoms with E-state index in [0.29, 0.717) is 16.7 Å². The lowest BCUT2D eigenvalue weighted by molar-refractivity contribution is -0.144. The fourth-order valence-corrected chi connectivity index (χ4v) is 3.02. The largest absolute Gasteiger partial charge is 0.456 e. The van der Waals surface area contributed by atoms with E-state index in [1.165, 1.54) is 18.3 Å². The van der Waals surface area contributed by atoms with Crippen LogP contribution < -0.4 is 10.6 Å². The second-order valence-electron chi connectivity index (χ2n) is 6.38. The quantitative estimate of drug-likeness (QED) is 0.706. The van der Waals surface area contributed by atoms with Gasteiger partial charge in [0.2, 0.25) is 5.91 Å². The molecule has 2 rings (SSSR count). The van der Waals surface area contributed by atoms with Crippen LogP contribution in [0, 0.1) is 0 Å². The molecule has 2 N–H and O–H groups in total. The van der Waals surface area contributed by atoms with Gasteiger partial charge in [-0.3, -0.25) is 14.4 Å². The monoisotopic (exact) mass is 389 g/mol. The summed E-state index contributed by atoms with van der Waals surface area (Å²) >= 11 is 1.47. The summed E-state index contributed by atoms with van der Waals surface area (Å²) in [5.41, 5.74) is 1.37. The molecule has 1 heterocycles. The Morgan fingerprint density at radius 1 is 1.11 bits per heavy atom. The second kappa shape index (κ2) is 9.27. The highest BCUT2D eigenvalue weighted by molar-refractivity contribution is 7.15. The SMILES string of the molecule is CC(=O)OCC(=O)Nc1ccc(C(C)C(=O)Nc2ncc(C(C)C)s2)cc1. The molecule has 1 unspecified atom stereocenters. The molecular formula is C19H23N3O4S. The zero-order valence-corrected chi connectivity index (χ0v) is 16.6. The van der Waals surface area contributed by atoms with Gasteiger partial charge in [0, 0.05) is 23.7 Å². The lowest BCUT2D eigenvalue weighted by Crippen LogP contribution is -2.20. The van der Waals surface area contributed by atoms with E-state index >= 15 is 0 Å². The molecule has 0 fully saturated rings. The van der Waals surface area contributed by atoms with Gasteiger partial charge in [0.15, 0.2) is 11.7 Å². The van der Waals surface area contributed by atoms with Gasteiger partial charge in [0.25, 0.3) is 5.91 Å². The van der Waals surface area contributed by atoms with Gasteiger partial charge in [-0.25, -0.2) is 4.98 Å². The first-order valence-corrected chi connectivity index (χ1v) is 9.37. The van der Waals surface area contributed by atoms with Gasteiger partial charge in [0.05, 0.1) is 5.92 Å². The molecule has 1 aromatic heterocycles. The van der Waals surface area contributed by atoms with Crippen molar-refractivity contribution in [1.29, 1.82) is 0 Å². The zero-order valence-electron chi connectivity index (χ0n) is 15.7. The maximum absolute atomic E-state index is 12.4. The number of thiazole rings is 1. The molecule has 1 aromatic carbocycles. The van der Waals surface area contributed by atoms with Gasteiger partial charge in [-0.1, -0.05) is 26.0 Å². The lowest BCUT2D eigenvalue weighted by atomic mass is 10.0. The van der Waals surface area contributed by atoms with Crippen LogP contribution in [-0.4, -0.2) is 29.4 Å². The number of nitrogens with one attached hydrogen (secondary N) is 2. The van der Waals surface area contributed by atoms with E-state index in [-0.39, 0.29) is 18.4 Å². The number of ether oxygens (including phenoxy) is 1. The van der Waals surface area contributed by atoms with E-state index in [4.69, 9.17) is 0 Å². The molecule has 0 saturated carbocycles. The van der Waals surface area contributed by atoms with Gasteiger partial charge in [-0.15, -0.1) is 11.3 Å². The predicted octanol–water partition coefficient (Wildman–Crippen LogP) is 3.51. The number of hydrogen-bond donors (Lipinski definition) is 2. The topological polar surface area (TPSA) is 97.4 Å². The molecule has 0 saturated heterocycles. The Morgan fingerprint density at radius 3 is 2.33 bits per heavy atom. The fourth-order valence-electron chi connectivity index (χ4n) is 2.20. The number of aromatic nitrogens is 1. The van der Waals surface area contributed by atoms with Crippen molar-refractivity contribution in [2.75, 3.05) is 17.2 Å². The van der Waals surface area contributed by atoms with Gasteiger partial charge in [-0.2, -0.15) is 0 Å². The average Bonchev–Trinajstić information content (AvgIpc) is 3.09. The van der Waals surface area contributed by atoms with Gasteiger partial charge in [-0.05, 0) is 30.5 Å². The van der Waals surface area contributed by atoms with Crippen LogP contribution in [0.2, 0.25) is 0 Å². The molecule has 144 valence electrons. The van der Waals surface area contributed by atoms with Crippen molar-refractivity contribution in [3.05, 3.63) is 40.9 Å². The normalized spacial score (nSPS) is 11.7. The molecule has 7 nitrogen and oxygen atoms in total. The van der Waals surface area contributed by atoms with Gasteiger partial charge in [0.1, 0.15) is 0 Å². The van der Waals surface area contributed by atoms with Crippen LogP contribution in [0.5, 0.6) is 0 Å². The van der Waals surface area contributed by atoms with Crippen molar-refractivity contribution in [2.45, 2.75) is 39.5 Å². The summed E-state index contributed by atoms with van der Waals surface area (Å²) in [6.07, 6.45) is 1.78. The number of hydrogen-bond acceptors (Lipinski definition) is 6. The molecule has 8 heteroatoms. The summed E-state index contributed by atoms with van der Waals surface area (Å²) in [5.74, 6) is -1.09. The minimum atomic E-state index is -0.513. The number of nitrogens with zero attached hydrogens (tertiary/aromatic N) is 1. The molecule has 27 heavy (non-hydrogen) atoms. The Morgan fingerprint density at radius 2 is 1.78 bits per heavy atom. The number of rotatable bonds is 7. The molecule has 0 aliphatic rings. The number of amides is 2. The summed E-state index contributed by atoms with van der Waals surface area (Å²) in [7, 11) is 0. The third kappa shape index (κ3) is 6.18. The van der Waals surface area contributed by atoms with Crippen LogP contribution >= 0.6 is 11.3 Å². The summed E-state index contributed by atoms with van der Waals surface area (Å²) < 4.78 is 4.63. The molecular weight excluding hydrogens is 366 g/mol. The molecule has 0 radical (unpaired) electrons. The highest BCUT2D eigenvalue weighted by Crippen LogP contribution is 2.26. The minimum Gasteiger partial charge on any atom is -0.456 e. The van der Waals surface area contributed by atoms with Crippen LogP contribution in [0.3, 0.4) is 0 Å². The first-order valence-electron chi connectivity index (χ1n) is 8.56. The number of carbonyl (C=O) groups excluding carboxylic acids is 3. The fraction of sp³-hybridized carbons (Fsp3) is 0.368. The van der Waals surface area contributed by atoms with Crippen LogP contribution in [0.4, 0.5) is 10.8 Å². The number of esters is 1. The lowest BCUT2D eigenvalue weighted by Gasteiger charge is -2.12. The van der Waals surface area contributed by atoms with Crippen LogP contribution in [0.15, 0.2) is 30.5 Å². The molecule has 1 atom stereocenters. The maximum Gasteiger partial charge on any atom is 0.303 e. The van der Waals surface area contributed by atoms with E-state index < -0.39 is 11.9 Å². The van der Waals surface area contributed by atoms with Crippen molar-refractivity contribution in [1.82, 2.24) is 4.98 Å². The van der Waals surface area contributed by atoms with E-state index in [2.05, 4.69) is 34.2 Å². The van der Waals surface area contributed by atoms with Crippen molar-refractivity contribution in [2.24, 2.45) is 0 Å². The van der Waals surface area contributed by atoms with Crippen LogP contribution in [0.25, 0.3) is 0 Å². The molecule has 2 amide bonds. The van der Waals surface area contributed by atoms with Crippen molar-refractivity contribution in [3.63, 3.8) is 0 Å². The van der Waals surface area contributed by atoms with Crippen molar-refractivity contribution in [3.8, 4) is 0 Å². The average molecular weight is 389 g/mol. The van der Waals surface area contributed by atoms with E-state index in [1.54, 1.807) is 37.4 Å².